The van der Waals surface area contributed by atoms with Crippen LogP contribution in [0.3, 0.4) is 0 Å². The van der Waals surface area contributed by atoms with Gasteiger partial charge in [-0.2, -0.15) is 0 Å². The van der Waals surface area contributed by atoms with E-state index in [9.17, 15) is 0 Å². The number of anilines is 2. The van der Waals surface area contributed by atoms with E-state index in [1.807, 2.05) is 12.1 Å². The summed E-state index contributed by atoms with van der Waals surface area (Å²) in [6.45, 7) is 6.45. The third-order valence-corrected chi connectivity index (χ3v) is 2.80. The molecular weight excluding hydrogens is 188 g/mol. The molecule has 1 aliphatic heterocycles. The molecule has 1 aliphatic rings. The lowest BCUT2D eigenvalue weighted by molar-refractivity contribution is 0.413. The maximum Gasteiger partial charge on any atom is 0.144 e. The molecule has 1 aromatic carbocycles. The molecule has 0 saturated heterocycles. The summed E-state index contributed by atoms with van der Waals surface area (Å²) in [6.07, 6.45) is 0. The second-order valence-corrected chi connectivity index (χ2v) is 4.07. The fraction of sp³-hybridized carbons (Fsp3) is 0.500. The Labute approximate surface area is 91.0 Å². The Morgan fingerprint density at radius 2 is 2.20 bits per heavy atom. The third kappa shape index (κ3) is 1.74. The van der Waals surface area contributed by atoms with Crippen molar-refractivity contribution in [2.24, 2.45) is 0 Å². The Bertz CT molecular complexity index is 335. The SMILES string of the molecule is COc1cccc2c1N(C(C)C)CCN2. The van der Waals surface area contributed by atoms with Crippen LogP contribution in [0.1, 0.15) is 13.8 Å². The Hall–Kier alpha value is -1.38. The lowest BCUT2D eigenvalue weighted by atomic mass is 10.1. The van der Waals surface area contributed by atoms with Crippen molar-refractivity contribution in [3.63, 3.8) is 0 Å². The van der Waals surface area contributed by atoms with E-state index >= 15 is 0 Å². The first-order valence-corrected chi connectivity index (χ1v) is 5.41. The van der Waals surface area contributed by atoms with Crippen LogP contribution in [0, 0.1) is 0 Å². The summed E-state index contributed by atoms with van der Waals surface area (Å²) in [5.41, 5.74) is 2.37. The molecule has 0 aromatic heterocycles. The average molecular weight is 206 g/mol. The van der Waals surface area contributed by atoms with E-state index in [1.54, 1.807) is 7.11 Å². The fourth-order valence-electron chi connectivity index (χ4n) is 2.07. The molecule has 0 bridgehead atoms. The number of nitrogens with one attached hydrogen (secondary N) is 1. The smallest absolute Gasteiger partial charge is 0.144 e. The first kappa shape index (κ1) is 10.1. The Balaban J connectivity index is 2.47. The molecule has 3 heteroatoms. The zero-order valence-electron chi connectivity index (χ0n) is 9.58. The zero-order chi connectivity index (χ0) is 10.8. The van der Waals surface area contributed by atoms with Crippen LogP contribution in [0.5, 0.6) is 5.75 Å². The van der Waals surface area contributed by atoms with E-state index < -0.39 is 0 Å². The van der Waals surface area contributed by atoms with E-state index in [4.69, 9.17) is 4.74 Å². The molecule has 82 valence electrons. The van der Waals surface area contributed by atoms with E-state index in [1.165, 1.54) is 11.4 Å². The summed E-state index contributed by atoms with van der Waals surface area (Å²) in [5, 5.41) is 3.40. The molecule has 0 aliphatic carbocycles. The van der Waals surface area contributed by atoms with Gasteiger partial charge >= 0.3 is 0 Å². The molecule has 0 saturated carbocycles. The van der Waals surface area contributed by atoms with Gasteiger partial charge < -0.3 is 15.0 Å². The number of para-hydroxylation sites is 1. The minimum Gasteiger partial charge on any atom is -0.495 e. The van der Waals surface area contributed by atoms with Crippen molar-refractivity contribution in [1.29, 1.82) is 0 Å². The van der Waals surface area contributed by atoms with E-state index in [0.29, 0.717) is 6.04 Å². The Morgan fingerprint density at radius 1 is 1.40 bits per heavy atom. The zero-order valence-corrected chi connectivity index (χ0v) is 9.58. The fourth-order valence-corrected chi connectivity index (χ4v) is 2.07. The van der Waals surface area contributed by atoms with Crippen LogP contribution in [0.25, 0.3) is 0 Å². The molecule has 0 amide bonds. The van der Waals surface area contributed by atoms with Gasteiger partial charge in [0.05, 0.1) is 12.8 Å². The van der Waals surface area contributed by atoms with Gasteiger partial charge in [0, 0.05) is 19.1 Å². The van der Waals surface area contributed by atoms with Crippen molar-refractivity contribution in [3.8, 4) is 5.75 Å². The minimum atomic E-state index is 0.502. The summed E-state index contributed by atoms with van der Waals surface area (Å²) in [6, 6.07) is 6.64. The number of hydrogen-bond acceptors (Lipinski definition) is 3. The number of nitrogens with zero attached hydrogens (tertiary/aromatic N) is 1. The molecule has 15 heavy (non-hydrogen) atoms. The molecule has 2 rings (SSSR count). The predicted octanol–water partition coefficient (Wildman–Crippen LogP) is 2.34. The number of fused-ring (bicyclic) bond motifs is 1. The average Bonchev–Trinajstić information content (AvgIpc) is 2.27. The van der Waals surface area contributed by atoms with Gasteiger partial charge in [-0.15, -0.1) is 0 Å². The standard InChI is InChI=1S/C12H18N2O/c1-9(2)14-8-7-13-10-5-4-6-11(15-3)12(10)14/h4-6,9,13H,7-8H2,1-3H3. The summed E-state index contributed by atoms with van der Waals surface area (Å²) < 4.78 is 5.41. The quantitative estimate of drug-likeness (QED) is 0.803. The van der Waals surface area contributed by atoms with Gasteiger partial charge in [-0.05, 0) is 26.0 Å². The lowest BCUT2D eigenvalue weighted by Crippen LogP contribution is -2.39. The summed E-state index contributed by atoms with van der Waals surface area (Å²) in [4.78, 5) is 2.38. The van der Waals surface area contributed by atoms with E-state index in [-0.39, 0.29) is 0 Å². The van der Waals surface area contributed by atoms with Crippen molar-refractivity contribution in [2.45, 2.75) is 19.9 Å². The maximum atomic E-state index is 5.41. The number of hydrogen-bond donors (Lipinski definition) is 1. The molecule has 0 atom stereocenters. The lowest BCUT2D eigenvalue weighted by Gasteiger charge is -2.36. The minimum absolute atomic E-state index is 0.502. The summed E-state index contributed by atoms with van der Waals surface area (Å²) in [7, 11) is 1.72. The van der Waals surface area contributed by atoms with Crippen LogP contribution >= 0.6 is 0 Å². The molecule has 0 radical (unpaired) electrons. The third-order valence-electron chi connectivity index (χ3n) is 2.80. The van der Waals surface area contributed by atoms with Crippen molar-refractivity contribution >= 4 is 11.4 Å². The largest absolute Gasteiger partial charge is 0.495 e. The summed E-state index contributed by atoms with van der Waals surface area (Å²) >= 11 is 0. The van der Waals surface area contributed by atoms with Gasteiger partial charge in [-0.25, -0.2) is 0 Å². The van der Waals surface area contributed by atoms with Crippen LogP contribution < -0.4 is 15.0 Å². The number of ether oxygens (including phenoxy) is 1. The molecule has 3 nitrogen and oxygen atoms in total. The monoisotopic (exact) mass is 206 g/mol. The van der Waals surface area contributed by atoms with Gasteiger partial charge in [0.2, 0.25) is 0 Å². The molecule has 0 unspecified atom stereocenters. The Morgan fingerprint density at radius 3 is 2.87 bits per heavy atom. The predicted molar refractivity (Wildman–Crippen MR) is 64.0 cm³/mol. The highest BCUT2D eigenvalue weighted by molar-refractivity contribution is 5.78. The topological polar surface area (TPSA) is 24.5 Å². The Kier molecular flexibility index (Phi) is 2.71. The molecule has 0 spiro atoms. The second-order valence-electron chi connectivity index (χ2n) is 4.07. The number of rotatable bonds is 2. The highest BCUT2D eigenvalue weighted by atomic mass is 16.5. The van der Waals surface area contributed by atoms with Crippen LogP contribution in [0.4, 0.5) is 11.4 Å². The molecule has 1 aromatic rings. The highest BCUT2D eigenvalue weighted by Gasteiger charge is 2.22. The van der Waals surface area contributed by atoms with E-state index in [2.05, 4.69) is 30.1 Å². The van der Waals surface area contributed by atoms with Crippen molar-refractivity contribution in [3.05, 3.63) is 18.2 Å². The van der Waals surface area contributed by atoms with E-state index in [0.717, 1.165) is 18.8 Å². The first-order chi connectivity index (χ1) is 7.24. The first-order valence-electron chi connectivity index (χ1n) is 5.41. The number of benzene rings is 1. The van der Waals surface area contributed by atoms with Gasteiger partial charge in [0.25, 0.3) is 0 Å². The van der Waals surface area contributed by atoms with Gasteiger partial charge in [-0.1, -0.05) is 6.07 Å². The molecule has 1 heterocycles. The van der Waals surface area contributed by atoms with Gasteiger partial charge in [0.1, 0.15) is 11.4 Å². The van der Waals surface area contributed by atoms with Gasteiger partial charge in [-0.3, -0.25) is 0 Å². The van der Waals surface area contributed by atoms with Gasteiger partial charge in [0.15, 0.2) is 0 Å². The maximum absolute atomic E-state index is 5.41. The van der Waals surface area contributed by atoms with Crippen LogP contribution in [-0.4, -0.2) is 26.2 Å². The number of methoxy groups -OCH3 is 1. The van der Waals surface area contributed by atoms with Crippen molar-refractivity contribution < 1.29 is 4.74 Å². The van der Waals surface area contributed by atoms with Crippen LogP contribution in [-0.2, 0) is 0 Å². The highest BCUT2D eigenvalue weighted by Crippen LogP contribution is 2.38. The molecular formula is C12H18N2O. The molecule has 1 N–H and O–H groups in total. The van der Waals surface area contributed by atoms with Crippen molar-refractivity contribution in [1.82, 2.24) is 0 Å². The van der Waals surface area contributed by atoms with Crippen molar-refractivity contribution in [2.75, 3.05) is 30.4 Å². The normalized spacial score (nSPS) is 14.8. The second kappa shape index (κ2) is 4.01. The van der Waals surface area contributed by atoms with Crippen LogP contribution in [0.2, 0.25) is 0 Å². The summed E-state index contributed by atoms with van der Waals surface area (Å²) in [5.74, 6) is 0.952. The van der Waals surface area contributed by atoms with Crippen LogP contribution in [0.15, 0.2) is 18.2 Å². The molecule has 0 fully saturated rings.